The molecule has 0 spiro atoms. The molecular formula is C24H4Cl18S2. The number of halogens is 18. The van der Waals surface area contributed by atoms with Crippen molar-refractivity contribution in [3.63, 3.8) is 0 Å². The van der Waals surface area contributed by atoms with Crippen molar-refractivity contribution in [1.82, 2.24) is 0 Å². The molecule has 4 atom stereocenters. The molecule has 0 heterocycles. The lowest BCUT2D eigenvalue weighted by atomic mass is 9.89. The van der Waals surface area contributed by atoms with E-state index in [-0.39, 0.29) is 91.6 Å². The lowest BCUT2D eigenvalue weighted by molar-refractivity contribution is 0.754. The quantitative estimate of drug-likeness (QED) is 0.166. The summed E-state index contributed by atoms with van der Waals surface area (Å²) < 4.78 is -3.65. The Morgan fingerprint density at radius 1 is 0.409 bits per heavy atom. The fourth-order valence-corrected chi connectivity index (χ4v) is 15.0. The summed E-state index contributed by atoms with van der Waals surface area (Å²) in [5.41, 5.74) is 0.0381. The van der Waals surface area contributed by atoms with E-state index in [1.807, 2.05) is 0 Å². The Bertz CT molecular complexity index is 1550. The van der Waals surface area contributed by atoms with Gasteiger partial charge < -0.3 is 0 Å². The molecule has 0 saturated carbocycles. The molecule has 0 saturated heterocycles. The van der Waals surface area contributed by atoms with Gasteiger partial charge >= 0.3 is 0 Å². The maximum atomic E-state index is 7.06. The fraction of sp³-hybridized carbons (Fsp3) is 0.167. The van der Waals surface area contributed by atoms with Gasteiger partial charge in [0.2, 0.25) is 0 Å². The van der Waals surface area contributed by atoms with E-state index < -0.39 is 20.2 Å². The second kappa shape index (κ2) is 15.1. The van der Waals surface area contributed by atoms with E-state index in [1.165, 1.54) is 12.1 Å². The summed E-state index contributed by atoms with van der Waals surface area (Å²) in [5.74, 6) is 0. The minimum atomic E-state index is -1.82. The molecule has 0 radical (unpaired) electrons. The van der Waals surface area contributed by atoms with Gasteiger partial charge in [-0.1, -0.05) is 207 Å². The summed E-state index contributed by atoms with van der Waals surface area (Å²) in [7, 11) is 1.74. The van der Waals surface area contributed by atoms with Gasteiger partial charge in [0, 0.05) is 11.1 Å². The second-order valence-electron chi connectivity index (χ2n) is 8.63. The van der Waals surface area contributed by atoms with Gasteiger partial charge in [-0.2, -0.15) is 0 Å². The number of hydrogen-bond acceptors (Lipinski definition) is 2. The molecule has 0 N–H and O–H groups in total. The molecule has 20 heteroatoms. The lowest BCUT2D eigenvalue weighted by Gasteiger charge is -2.46. The standard InChI is InChI=1S/C24H4Cl18S2/c25-3-1-4(26)10(30)7(9(3)29)23(19(39)15(35)13(33)16(36)20(23)40)43-44-24(8-11(31)5(27)2-6(28)12(8)32)21(41)17(37)14(34)18(38)22(24)42/h1-2,19,21H. The average molecular weight is 995 g/mol. The fourth-order valence-electron chi connectivity index (χ4n) is 4.17. The van der Waals surface area contributed by atoms with Crippen LogP contribution in [0.1, 0.15) is 11.1 Å². The summed E-state index contributed by atoms with van der Waals surface area (Å²) in [5, 5.41) is -4.25. The molecule has 4 unspecified atom stereocenters. The van der Waals surface area contributed by atoms with Crippen LogP contribution in [-0.2, 0) is 9.49 Å². The Balaban J connectivity index is 2.15. The summed E-state index contributed by atoms with van der Waals surface area (Å²) in [6, 6.07) is 2.66. The van der Waals surface area contributed by atoms with E-state index in [1.54, 1.807) is 0 Å². The number of rotatable bonds is 5. The van der Waals surface area contributed by atoms with Gasteiger partial charge in [0.1, 0.15) is 9.49 Å². The summed E-state index contributed by atoms with van der Waals surface area (Å²) in [6.07, 6.45) is 0. The van der Waals surface area contributed by atoms with E-state index in [4.69, 9.17) is 209 Å². The van der Waals surface area contributed by atoms with Crippen molar-refractivity contribution in [1.29, 1.82) is 0 Å². The zero-order chi connectivity index (χ0) is 33.4. The van der Waals surface area contributed by atoms with Gasteiger partial charge in [-0.15, -0.1) is 23.2 Å². The van der Waals surface area contributed by atoms with Crippen LogP contribution in [0.2, 0.25) is 40.2 Å². The van der Waals surface area contributed by atoms with Crippen LogP contribution in [0.25, 0.3) is 0 Å². The highest BCUT2D eigenvalue weighted by atomic mass is 35.5. The van der Waals surface area contributed by atoms with E-state index in [2.05, 4.69) is 0 Å². The minimum Gasteiger partial charge on any atom is -0.114 e. The predicted octanol–water partition coefficient (Wildman–Crippen LogP) is 17.4. The second-order valence-corrected chi connectivity index (χ2v) is 18.3. The van der Waals surface area contributed by atoms with Crippen LogP contribution >= 0.6 is 230 Å². The third-order valence-electron chi connectivity index (χ3n) is 6.27. The van der Waals surface area contributed by atoms with Gasteiger partial charge in [0.15, 0.2) is 0 Å². The van der Waals surface area contributed by atoms with Gasteiger partial charge in [-0.3, -0.25) is 0 Å². The van der Waals surface area contributed by atoms with E-state index >= 15 is 0 Å². The first-order valence-corrected chi connectivity index (χ1v) is 19.9. The molecular weight excluding hydrogens is 991 g/mol. The molecule has 2 aliphatic rings. The molecule has 2 aromatic rings. The van der Waals surface area contributed by atoms with Gasteiger partial charge in [-0.25, -0.2) is 0 Å². The number of benzene rings is 2. The Hall–Kier alpha value is 3.32. The first-order valence-electron chi connectivity index (χ1n) is 10.8. The van der Waals surface area contributed by atoms with Crippen LogP contribution in [0.3, 0.4) is 0 Å². The normalized spacial score (nSPS) is 26.4. The minimum absolute atomic E-state index is 0.00341. The van der Waals surface area contributed by atoms with Crippen LogP contribution in [0, 0.1) is 0 Å². The highest BCUT2D eigenvalue weighted by Crippen LogP contribution is 2.71. The predicted molar refractivity (Wildman–Crippen MR) is 206 cm³/mol. The molecule has 0 amide bonds. The third-order valence-corrected chi connectivity index (χ3v) is 18.9. The highest BCUT2D eigenvalue weighted by Gasteiger charge is 2.58. The molecule has 4 rings (SSSR count). The number of allylic oxidation sites excluding steroid dienone is 6. The van der Waals surface area contributed by atoms with Gasteiger partial charge in [0.05, 0.1) is 91.2 Å². The first-order chi connectivity index (χ1) is 20.3. The van der Waals surface area contributed by atoms with Crippen molar-refractivity contribution in [2.75, 3.05) is 0 Å². The summed E-state index contributed by atoms with van der Waals surface area (Å²) in [6.45, 7) is 0. The molecule has 2 aromatic carbocycles. The molecule has 0 aliphatic heterocycles. The van der Waals surface area contributed by atoms with Crippen molar-refractivity contribution >= 4 is 230 Å². The molecule has 0 bridgehead atoms. The van der Waals surface area contributed by atoms with Crippen LogP contribution in [0.4, 0.5) is 0 Å². The first kappa shape index (κ1) is 40.1. The van der Waals surface area contributed by atoms with Crippen molar-refractivity contribution < 1.29 is 0 Å². The van der Waals surface area contributed by atoms with E-state index in [9.17, 15) is 0 Å². The molecule has 0 nitrogen and oxygen atoms in total. The lowest BCUT2D eigenvalue weighted by Crippen LogP contribution is -2.41. The van der Waals surface area contributed by atoms with Crippen molar-refractivity contribution in [2.24, 2.45) is 0 Å². The van der Waals surface area contributed by atoms with Crippen LogP contribution in [0.5, 0.6) is 0 Å². The largest absolute Gasteiger partial charge is 0.114 e. The zero-order valence-corrected chi connectivity index (χ0v) is 35.2. The van der Waals surface area contributed by atoms with Crippen LogP contribution in [-0.4, -0.2) is 10.8 Å². The molecule has 238 valence electrons. The smallest absolute Gasteiger partial charge is 0.112 e. The van der Waals surface area contributed by atoms with Crippen molar-refractivity contribution in [3.05, 3.63) is 104 Å². The summed E-state index contributed by atoms with van der Waals surface area (Å²) >= 11 is 120. The van der Waals surface area contributed by atoms with E-state index in [0.29, 0.717) is 0 Å². The topological polar surface area (TPSA) is 0 Å². The van der Waals surface area contributed by atoms with Gasteiger partial charge in [-0.05, 0) is 12.1 Å². The Morgan fingerprint density at radius 2 is 0.659 bits per heavy atom. The van der Waals surface area contributed by atoms with Gasteiger partial charge in [0.25, 0.3) is 0 Å². The number of hydrogen-bond donors (Lipinski definition) is 0. The average Bonchev–Trinajstić information content (AvgIpc) is 2.98. The molecule has 2 aliphatic carbocycles. The number of alkyl halides is 2. The maximum absolute atomic E-state index is 7.06. The molecule has 44 heavy (non-hydrogen) atoms. The highest BCUT2D eigenvalue weighted by molar-refractivity contribution is 8.77. The summed E-state index contributed by atoms with van der Waals surface area (Å²) in [4.78, 5) is 0. The maximum Gasteiger partial charge on any atom is 0.112 e. The van der Waals surface area contributed by atoms with E-state index in [0.717, 1.165) is 21.6 Å². The third kappa shape index (κ3) is 6.36. The Morgan fingerprint density at radius 3 is 0.909 bits per heavy atom. The zero-order valence-electron chi connectivity index (χ0n) is 19.9. The van der Waals surface area contributed by atoms with Crippen LogP contribution < -0.4 is 0 Å². The molecule has 0 fully saturated rings. The Labute approximate surface area is 349 Å². The monoisotopic (exact) mass is 985 g/mol. The van der Waals surface area contributed by atoms with Crippen LogP contribution in [0.15, 0.2) is 52.4 Å². The van der Waals surface area contributed by atoms with Crippen molar-refractivity contribution in [3.8, 4) is 0 Å². The Kier molecular flexibility index (Phi) is 13.8. The SMILES string of the molecule is ClC1=C(Cl)C(Cl)C(SSC2(c3c(Cl)c(Cl)cc(Cl)c3Cl)C(Cl)=C(Cl)C(Cl)=C(Cl)C2Cl)(c2c(Cl)c(Cl)cc(Cl)c2Cl)C(Cl)=C1Cl. The molecule has 0 aromatic heterocycles. The van der Waals surface area contributed by atoms with Crippen molar-refractivity contribution in [2.45, 2.75) is 20.2 Å².